The molecule has 0 heterocycles. The van der Waals surface area contributed by atoms with Crippen LogP contribution in [0.5, 0.6) is 5.75 Å². The van der Waals surface area contributed by atoms with E-state index >= 15 is 0 Å². The molecule has 0 saturated heterocycles. The molecule has 1 rings (SSSR count). The molecule has 0 saturated carbocycles. The largest absolute Gasteiger partial charge is 0.497 e. The third-order valence-corrected chi connectivity index (χ3v) is 2.84. The van der Waals surface area contributed by atoms with Crippen LogP contribution in [-0.4, -0.2) is 29.4 Å². The minimum absolute atomic E-state index is 0.255. The van der Waals surface area contributed by atoms with Crippen molar-refractivity contribution in [2.24, 2.45) is 5.92 Å². The molecule has 0 aromatic heterocycles. The molecule has 0 fully saturated rings. The van der Waals surface area contributed by atoms with Gasteiger partial charge in [-0.15, -0.1) is 0 Å². The lowest BCUT2D eigenvalue weighted by molar-refractivity contribution is -0.149. The Balaban J connectivity index is 2.47. The molecule has 0 spiro atoms. The van der Waals surface area contributed by atoms with Gasteiger partial charge in [-0.1, -0.05) is 19.1 Å². The Morgan fingerprint density at radius 1 is 1.35 bits per heavy atom. The summed E-state index contributed by atoms with van der Waals surface area (Å²) in [6.07, 6.45) is 0.100. The van der Waals surface area contributed by atoms with E-state index in [0.29, 0.717) is 6.42 Å². The zero-order valence-electron chi connectivity index (χ0n) is 10.1. The van der Waals surface area contributed by atoms with Crippen molar-refractivity contribution in [2.75, 3.05) is 7.11 Å². The highest BCUT2D eigenvalue weighted by Crippen LogP contribution is 2.16. The van der Waals surface area contributed by atoms with Gasteiger partial charge in [-0.05, 0) is 36.5 Å². The lowest BCUT2D eigenvalue weighted by Crippen LogP contribution is -2.27. The summed E-state index contributed by atoms with van der Waals surface area (Å²) in [7, 11) is 1.61. The van der Waals surface area contributed by atoms with Crippen LogP contribution in [0, 0.1) is 5.92 Å². The average Bonchev–Trinajstić information content (AvgIpc) is 2.35. The minimum Gasteiger partial charge on any atom is -0.497 e. The molecule has 0 bridgehead atoms. The van der Waals surface area contributed by atoms with Gasteiger partial charge >= 0.3 is 5.97 Å². The summed E-state index contributed by atoms with van der Waals surface area (Å²) in [6, 6.07) is 7.62. The fourth-order valence-corrected chi connectivity index (χ4v) is 1.59. The first-order valence-corrected chi connectivity index (χ1v) is 5.58. The number of rotatable bonds is 6. The van der Waals surface area contributed by atoms with E-state index in [2.05, 4.69) is 0 Å². The summed E-state index contributed by atoms with van der Waals surface area (Å²) in [4.78, 5) is 10.6. The van der Waals surface area contributed by atoms with Gasteiger partial charge in [0.2, 0.25) is 0 Å². The van der Waals surface area contributed by atoms with E-state index in [0.717, 1.165) is 17.7 Å². The van der Waals surface area contributed by atoms with Gasteiger partial charge in [-0.3, -0.25) is 0 Å². The van der Waals surface area contributed by atoms with Crippen LogP contribution in [0.25, 0.3) is 0 Å². The van der Waals surface area contributed by atoms with Gasteiger partial charge in [-0.2, -0.15) is 0 Å². The van der Waals surface area contributed by atoms with Crippen molar-refractivity contribution in [3.63, 3.8) is 0 Å². The van der Waals surface area contributed by atoms with E-state index in [-0.39, 0.29) is 5.92 Å². The topological polar surface area (TPSA) is 66.8 Å². The molecule has 94 valence electrons. The highest BCUT2D eigenvalue weighted by Gasteiger charge is 2.20. The minimum atomic E-state index is -1.28. The van der Waals surface area contributed by atoms with E-state index in [1.54, 1.807) is 14.0 Å². The number of benzene rings is 1. The maximum absolute atomic E-state index is 10.6. The molecular weight excluding hydrogens is 220 g/mol. The molecule has 0 aliphatic heterocycles. The van der Waals surface area contributed by atoms with Crippen molar-refractivity contribution in [1.29, 1.82) is 0 Å². The first kappa shape index (κ1) is 13.5. The predicted molar refractivity (Wildman–Crippen MR) is 64.1 cm³/mol. The predicted octanol–water partition coefficient (Wildman–Crippen LogP) is 1.71. The summed E-state index contributed by atoms with van der Waals surface area (Å²) >= 11 is 0. The molecule has 0 radical (unpaired) electrons. The lowest BCUT2D eigenvalue weighted by Gasteiger charge is -2.14. The molecule has 2 N–H and O–H groups in total. The molecule has 4 nitrogen and oxygen atoms in total. The van der Waals surface area contributed by atoms with Gasteiger partial charge < -0.3 is 14.9 Å². The quantitative estimate of drug-likeness (QED) is 0.791. The van der Waals surface area contributed by atoms with Crippen molar-refractivity contribution in [3.8, 4) is 5.75 Å². The standard InChI is InChI=1S/C13H18O4/c1-9(12(14)13(15)16)3-4-10-5-7-11(17-2)8-6-10/h5-9,12,14H,3-4H2,1-2H3,(H,15,16). The van der Waals surface area contributed by atoms with Crippen LogP contribution in [0.3, 0.4) is 0 Å². The van der Waals surface area contributed by atoms with Gasteiger partial charge in [0.05, 0.1) is 7.11 Å². The number of aliphatic hydroxyl groups excluding tert-OH is 1. The Morgan fingerprint density at radius 2 is 1.94 bits per heavy atom. The Hall–Kier alpha value is -1.55. The van der Waals surface area contributed by atoms with Crippen molar-refractivity contribution in [1.82, 2.24) is 0 Å². The molecule has 2 atom stereocenters. The van der Waals surface area contributed by atoms with E-state index in [4.69, 9.17) is 9.84 Å². The van der Waals surface area contributed by atoms with Crippen molar-refractivity contribution < 1.29 is 19.7 Å². The third kappa shape index (κ3) is 4.07. The van der Waals surface area contributed by atoms with Crippen LogP contribution < -0.4 is 4.74 Å². The second-order valence-corrected chi connectivity index (χ2v) is 4.15. The Morgan fingerprint density at radius 3 is 2.41 bits per heavy atom. The van der Waals surface area contributed by atoms with Gasteiger partial charge in [0.25, 0.3) is 0 Å². The number of carboxylic acid groups (broad SMARTS) is 1. The summed E-state index contributed by atoms with van der Waals surface area (Å²) in [6.45, 7) is 1.74. The maximum Gasteiger partial charge on any atom is 0.332 e. The van der Waals surface area contributed by atoms with Crippen LogP contribution in [0.2, 0.25) is 0 Å². The molecule has 4 heteroatoms. The lowest BCUT2D eigenvalue weighted by atomic mass is 9.96. The van der Waals surface area contributed by atoms with Crippen LogP contribution in [0.15, 0.2) is 24.3 Å². The SMILES string of the molecule is COc1ccc(CCC(C)C(O)C(=O)O)cc1. The first-order chi connectivity index (χ1) is 8.04. The van der Waals surface area contributed by atoms with Gasteiger partial charge in [-0.25, -0.2) is 4.79 Å². The fourth-order valence-electron chi connectivity index (χ4n) is 1.59. The number of ether oxygens (including phenoxy) is 1. The number of aliphatic carboxylic acids is 1. The summed E-state index contributed by atoms with van der Waals surface area (Å²) < 4.78 is 5.05. The van der Waals surface area contributed by atoms with Crippen LogP contribution in [-0.2, 0) is 11.2 Å². The van der Waals surface area contributed by atoms with Crippen LogP contribution >= 0.6 is 0 Å². The number of methoxy groups -OCH3 is 1. The van der Waals surface area contributed by atoms with Crippen molar-refractivity contribution in [3.05, 3.63) is 29.8 Å². The fraction of sp³-hybridized carbons (Fsp3) is 0.462. The van der Waals surface area contributed by atoms with E-state index in [1.165, 1.54) is 0 Å². The number of hydrogen-bond donors (Lipinski definition) is 2. The van der Waals surface area contributed by atoms with E-state index in [1.807, 2.05) is 24.3 Å². The number of aliphatic hydroxyl groups is 1. The summed E-state index contributed by atoms with van der Waals surface area (Å²) in [5.74, 6) is -0.616. The zero-order chi connectivity index (χ0) is 12.8. The number of carbonyl (C=O) groups is 1. The summed E-state index contributed by atoms with van der Waals surface area (Å²) in [5, 5.41) is 18.0. The van der Waals surface area contributed by atoms with Gasteiger partial charge in [0.15, 0.2) is 6.10 Å². The van der Waals surface area contributed by atoms with Gasteiger partial charge in [0.1, 0.15) is 5.75 Å². The number of carboxylic acids is 1. The second kappa shape index (κ2) is 6.25. The normalized spacial score (nSPS) is 14.1. The molecule has 0 aliphatic carbocycles. The van der Waals surface area contributed by atoms with Crippen molar-refractivity contribution >= 4 is 5.97 Å². The third-order valence-electron chi connectivity index (χ3n) is 2.84. The molecule has 2 unspecified atom stereocenters. The maximum atomic E-state index is 10.6. The number of aryl methyl sites for hydroxylation is 1. The van der Waals surface area contributed by atoms with Crippen LogP contribution in [0.4, 0.5) is 0 Å². The monoisotopic (exact) mass is 238 g/mol. The number of hydrogen-bond acceptors (Lipinski definition) is 3. The molecule has 0 aliphatic rings. The zero-order valence-corrected chi connectivity index (χ0v) is 10.1. The summed E-state index contributed by atoms with van der Waals surface area (Å²) in [5.41, 5.74) is 1.11. The average molecular weight is 238 g/mol. The molecular formula is C13H18O4. The van der Waals surface area contributed by atoms with Crippen LogP contribution in [0.1, 0.15) is 18.9 Å². The molecule has 1 aromatic carbocycles. The van der Waals surface area contributed by atoms with Crippen molar-refractivity contribution in [2.45, 2.75) is 25.9 Å². The Kier molecular flexibility index (Phi) is 4.97. The smallest absolute Gasteiger partial charge is 0.332 e. The Bertz CT molecular complexity index is 358. The molecule has 0 amide bonds. The first-order valence-electron chi connectivity index (χ1n) is 5.58. The molecule has 17 heavy (non-hydrogen) atoms. The van der Waals surface area contributed by atoms with Gasteiger partial charge in [0, 0.05) is 0 Å². The molecule has 1 aromatic rings. The highest BCUT2D eigenvalue weighted by atomic mass is 16.5. The van der Waals surface area contributed by atoms with E-state index < -0.39 is 12.1 Å². The highest BCUT2D eigenvalue weighted by molar-refractivity contribution is 5.72. The Labute approximate surface area is 101 Å². The second-order valence-electron chi connectivity index (χ2n) is 4.15. The van der Waals surface area contributed by atoms with E-state index in [9.17, 15) is 9.90 Å².